The van der Waals surface area contributed by atoms with Gasteiger partial charge in [-0.2, -0.15) is 0 Å². The number of carbonyl (C=O) groups excluding carboxylic acids is 1. The highest BCUT2D eigenvalue weighted by Crippen LogP contribution is 2.49. The van der Waals surface area contributed by atoms with Crippen molar-refractivity contribution in [2.45, 2.75) is 51.8 Å². The molecule has 0 saturated heterocycles. The van der Waals surface area contributed by atoms with Crippen molar-refractivity contribution in [3.05, 3.63) is 29.3 Å². The second-order valence-electron chi connectivity index (χ2n) is 6.96. The average molecular weight is 337 g/mol. The molecular weight excluding hydrogens is 312 g/mol. The third kappa shape index (κ3) is 4.11. The summed E-state index contributed by atoms with van der Waals surface area (Å²) in [5.41, 5.74) is 0. The zero-order chi connectivity index (χ0) is 16.4. The lowest BCUT2D eigenvalue weighted by atomic mass is 9.84. The van der Waals surface area contributed by atoms with Gasteiger partial charge in [-0.3, -0.25) is 0 Å². The van der Waals surface area contributed by atoms with Crippen LogP contribution in [0.25, 0.3) is 0 Å². The summed E-state index contributed by atoms with van der Waals surface area (Å²) in [7, 11) is 0. The molecule has 2 fully saturated rings. The molecule has 5 unspecified atom stereocenters. The van der Waals surface area contributed by atoms with Gasteiger partial charge in [-0.05, 0) is 75.1 Å². The van der Waals surface area contributed by atoms with Crippen LogP contribution in [0.5, 0.6) is 5.75 Å². The van der Waals surface area contributed by atoms with Gasteiger partial charge in [-0.25, -0.2) is 4.79 Å². The molecule has 5 heteroatoms. The summed E-state index contributed by atoms with van der Waals surface area (Å²) in [6.07, 6.45) is 4.94. The van der Waals surface area contributed by atoms with Crippen LogP contribution >= 0.6 is 11.6 Å². The van der Waals surface area contributed by atoms with E-state index in [9.17, 15) is 4.79 Å². The SMILES string of the molecule is CC(NC(=O)NC(C)C1CC2CCC1C2)Oc1ccc(Cl)cc1. The zero-order valence-corrected chi connectivity index (χ0v) is 14.5. The number of ether oxygens (including phenoxy) is 1. The lowest BCUT2D eigenvalue weighted by Crippen LogP contribution is -2.49. The van der Waals surface area contributed by atoms with Crippen molar-refractivity contribution in [3.63, 3.8) is 0 Å². The minimum Gasteiger partial charge on any atom is -0.471 e. The van der Waals surface area contributed by atoms with Gasteiger partial charge >= 0.3 is 6.03 Å². The second kappa shape index (κ2) is 7.00. The van der Waals surface area contributed by atoms with Crippen molar-refractivity contribution in [1.29, 1.82) is 0 Å². The fourth-order valence-corrected chi connectivity index (χ4v) is 4.32. The summed E-state index contributed by atoms with van der Waals surface area (Å²) in [5.74, 6) is 3.01. The molecule has 23 heavy (non-hydrogen) atoms. The number of halogens is 1. The largest absolute Gasteiger partial charge is 0.471 e. The highest BCUT2D eigenvalue weighted by Gasteiger charge is 2.42. The third-order valence-electron chi connectivity index (χ3n) is 5.25. The predicted molar refractivity (Wildman–Crippen MR) is 91.6 cm³/mol. The van der Waals surface area contributed by atoms with Gasteiger partial charge < -0.3 is 15.4 Å². The number of benzene rings is 1. The van der Waals surface area contributed by atoms with E-state index in [4.69, 9.17) is 16.3 Å². The van der Waals surface area contributed by atoms with Crippen LogP contribution in [-0.2, 0) is 0 Å². The molecule has 5 atom stereocenters. The van der Waals surface area contributed by atoms with Gasteiger partial charge in [0.05, 0.1) is 0 Å². The standard InChI is InChI=1S/C18H25ClN2O2/c1-11(17-10-13-3-4-14(17)9-13)20-18(22)21-12(2)23-16-7-5-15(19)6-8-16/h5-8,11-14,17H,3-4,9-10H2,1-2H3,(H2,20,21,22). The Morgan fingerprint density at radius 3 is 2.52 bits per heavy atom. The molecule has 0 aliphatic heterocycles. The Bertz CT molecular complexity index is 548. The molecule has 2 N–H and O–H groups in total. The van der Waals surface area contributed by atoms with Gasteiger partial charge in [0.2, 0.25) is 0 Å². The molecule has 4 nitrogen and oxygen atoms in total. The van der Waals surface area contributed by atoms with Crippen LogP contribution < -0.4 is 15.4 Å². The first-order valence-corrected chi connectivity index (χ1v) is 8.88. The van der Waals surface area contributed by atoms with Crippen LogP contribution in [0.4, 0.5) is 4.79 Å². The minimum absolute atomic E-state index is 0.165. The zero-order valence-electron chi connectivity index (χ0n) is 13.7. The van der Waals surface area contributed by atoms with Crippen molar-refractivity contribution >= 4 is 17.6 Å². The molecule has 126 valence electrons. The molecule has 2 aliphatic carbocycles. The number of fused-ring (bicyclic) bond motifs is 2. The van der Waals surface area contributed by atoms with Crippen molar-refractivity contribution in [2.24, 2.45) is 17.8 Å². The van der Waals surface area contributed by atoms with E-state index in [-0.39, 0.29) is 12.1 Å². The van der Waals surface area contributed by atoms with Crippen LogP contribution in [0.15, 0.2) is 24.3 Å². The highest BCUT2D eigenvalue weighted by molar-refractivity contribution is 6.30. The van der Waals surface area contributed by atoms with Crippen LogP contribution in [0.1, 0.15) is 39.5 Å². The van der Waals surface area contributed by atoms with Crippen molar-refractivity contribution < 1.29 is 9.53 Å². The Balaban J connectivity index is 1.44. The molecule has 2 saturated carbocycles. The summed E-state index contributed by atoms with van der Waals surface area (Å²) in [6.45, 7) is 3.94. The van der Waals surface area contributed by atoms with Crippen molar-refractivity contribution in [1.82, 2.24) is 10.6 Å². The van der Waals surface area contributed by atoms with Gasteiger partial charge in [0.15, 0.2) is 6.23 Å². The number of amides is 2. The minimum atomic E-state index is -0.400. The Morgan fingerprint density at radius 1 is 1.17 bits per heavy atom. The molecule has 2 amide bonds. The van der Waals surface area contributed by atoms with E-state index in [1.807, 2.05) is 6.92 Å². The molecular formula is C18H25ClN2O2. The van der Waals surface area contributed by atoms with E-state index in [2.05, 4.69) is 17.6 Å². The average Bonchev–Trinajstić information content (AvgIpc) is 3.12. The van der Waals surface area contributed by atoms with Gasteiger partial charge in [0, 0.05) is 11.1 Å². The maximum atomic E-state index is 12.1. The third-order valence-corrected chi connectivity index (χ3v) is 5.51. The lowest BCUT2D eigenvalue weighted by Gasteiger charge is -2.29. The van der Waals surface area contributed by atoms with Crippen LogP contribution in [0, 0.1) is 17.8 Å². The molecule has 1 aromatic rings. The molecule has 3 rings (SSSR count). The monoisotopic (exact) mass is 336 g/mol. The molecule has 0 spiro atoms. The summed E-state index contributed by atoms with van der Waals surface area (Å²) in [5, 5.41) is 6.58. The van der Waals surface area contributed by atoms with Gasteiger partial charge in [0.1, 0.15) is 5.75 Å². The molecule has 0 radical (unpaired) electrons. The predicted octanol–water partition coefficient (Wildman–Crippen LogP) is 4.19. The maximum Gasteiger partial charge on any atom is 0.317 e. The summed E-state index contributed by atoms with van der Waals surface area (Å²) in [6, 6.07) is 7.16. The topological polar surface area (TPSA) is 50.4 Å². The second-order valence-corrected chi connectivity index (χ2v) is 7.40. The maximum absolute atomic E-state index is 12.1. The summed E-state index contributed by atoms with van der Waals surface area (Å²) < 4.78 is 5.67. The molecule has 2 bridgehead atoms. The number of nitrogens with one attached hydrogen (secondary N) is 2. The first-order chi connectivity index (χ1) is 11.0. The van der Waals surface area contributed by atoms with Crippen molar-refractivity contribution in [3.8, 4) is 5.75 Å². The van der Waals surface area contributed by atoms with E-state index in [0.717, 1.165) is 11.8 Å². The number of urea groups is 1. The smallest absolute Gasteiger partial charge is 0.317 e. The van der Waals surface area contributed by atoms with Gasteiger partial charge in [-0.1, -0.05) is 18.0 Å². The fourth-order valence-electron chi connectivity index (χ4n) is 4.19. The van der Waals surface area contributed by atoms with Crippen LogP contribution in [0.2, 0.25) is 5.02 Å². The summed E-state index contributed by atoms with van der Waals surface area (Å²) in [4.78, 5) is 12.1. The Kier molecular flexibility index (Phi) is 5.00. The number of hydrogen-bond acceptors (Lipinski definition) is 2. The highest BCUT2D eigenvalue weighted by atomic mass is 35.5. The van der Waals surface area contributed by atoms with E-state index in [0.29, 0.717) is 16.7 Å². The first kappa shape index (κ1) is 16.4. The molecule has 0 heterocycles. The van der Waals surface area contributed by atoms with E-state index in [1.54, 1.807) is 24.3 Å². The van der Waals surface area contributed by atoms with E-state index < -0.39 is 6.23 Å². The van der Waals surface area contributed by atoms with Crippen LogP contribution in [-0.4, -0.2) is 18.3 Å². The quantitative estimate of drug-likeness (QED) is 0.792. The van der Waals surface area contributed by atoms with Crippen molar-refractivity contribution in [2.75, 3.05) is 0 Å². The number of hydrogen-bond donors (Lipinski definition) is 2. The molecule has 2 aliphatic rings. The van der Waals surface area contributed by atoms with Gasteiger partial charge in [-0.15, -0.1) is 0 Å². The molecule has 1 aromatic carbocycles. The van der Waals surface area contributed by atoms with E-state index >= 15 is 0 Å². The normalized spacial score (nSPS) is 28.2. The fraction of sp³-hybridized carbons (Fsp3) is 0.611. The summed E-state index contributed by atoms with van der Waals surface area (Å²) >= 11 is 5.84. The number of carbonyl (C=O) groups is 1. The molecule has 0 aromatic heterocycles. The Hall–Kier alpha value is -1.42. The Morgan fingerprint density at radius 2 is 1.91 bits per heavy atom. The van der Waals surface area contributed by atoms with Crippen LogP contribution in [0.3, 0.4) is 0 Å². The van der Waals surface area contributed by atoms with E-state index in [1.165, 1.54) is 25.7 Å². The lowest BCUT2D eigenvalue weighted by molar-refractivity contribution is 0.170. The van der Waals surface area contributed by atoms with Gasteiger partial charge in [0.25, 0.3) is 0 Å². The Labute approximate surface area is 142 Å². The number of rotatable bonds is 5. The first-order valence-electron chi connectivity index (χ1n) is 8.50.